The number of hydrogen-bond donors (Lipinski definition) is 2. The first-order chi connectivity index (χ1) is 9.53. The fraction of sp³-hybridized carbons (Fsp3) is 0.167. The van der Waals surface area contributed by atoms with Crippen LogP contribution in [0.1, 0.15) is 6.92 Å². The van der Waals surface area contributed by atoms with Gasteiger partial charge >= 0.3 is 0 Å². The van der Waals surface area contributed by atoms with E-state index in [1.165, 1.54) is 24.7 Å². The minimum atomic E-state index is -3.76. The number of anilines is 2. The van der Waals surface area contributed by atoms with Gasteiger partial charge in [0.15, 0.2) is 0 Å². The molecule has 0 saturated carbocycles. The number of nitrogens with one attached hydrogen (secondary N) is 2. The molecular formula is C12H13ClN4O2S. The predicted octanol–water partition coefficient (Wildman–Crippen LogP) is 2.36. The summed E-state index contributed by atoms with van der Waals surface area (Å²) >= 11 is 5.71. The van der Waals surface area contributed by atoms with Crippen molar-refractivity contribution in [2.45, 2.75) is 11.8 Å². The molecule has 0 bridgehead atoms. The van der Waals surface area contributed by atoms with Crippen LogP contribution in [0.5, 0.6) is 0 Å². The Hall–Kier alpha value is -1.86. The quantitative estimate of drug-likeness (QED) is 0.885. The van der Waals surface area contributed by atoms with Gasteiger partial charge in [-0.25, -0.2) is 13.4 Å². The number of hydrogen-bond acceptors (Lipinski definition) is 5. The second-order valence-electron chi connectivity index (χ2n) is 3.87. The lowest BCUT2D eigenvalue weighted by Gasteiger charge is -2.11. The van der Waals surface area contributed by atoms with E-state index in [2.05, 4.69) is 20.0 Å². The molecule has 2 heterocycles. The Morgan fingerprint density at radius 3 is 2.70 bits per heavy atom. The molecule has 20 heavy (non-hydrogen) atoms. The first kappa shape index (κ1) is 14.5. The predicted molar refractivity (Wildman–Crippen MR) is 78.5 cm³/mol. The molecule has 0 spiro atoms. The molecule has 0 aliphatic carbocycles. The average Bonchev–Trinajstić information content (AvgIpc) is 2.42. The largest absolute Gasteiger partial charge is 0.384 e. The fourth-order valence-corrected chi connectivity index (χ4v) is 2.81. The number of halogens is 1. The van der Waals surface area contributed by atoms with Gasteiger partial charge in [-0.15, -0.1) is 0 Å². The third kappa shape index (κ3) is 3.37. The third-order valence-electron chi connectivity index (χ3n) is 2.41. The lowest BCUT2D eigenvalue weighted by molar-refractivity contribution is 0.601. The van der Waals surface area contributed by atoms with E-state index in [9.17, 15) is 8.42 Å². The van der Waals surface area contributed by atoms with Crippen LogP contribution in [0.4, 0.5) is 11.5 Å². The van der Waals surface area contributed by atoms with E-state index in [1.807, 2.05) is 6.92 Å². The third-order valence-corrected chi connectivity index (χ3v) is 4.01. The average molecular weight is 313 g/mol. The van der Waals surface area contributed by atoms with E-state index in [4.69, 9.17) is 11.6 Å². The molecule has 2 rings (SSSR count). The number of nitrogens with zero attached hydrogens (tertiary/aromatic N) is 2. The van der Waals surface area contributed by atoms with Crippen molar-refractivity contribution in [1.29, 1.82) is 0 Å². The lowest BCUT2D eigenvalue weighted by Crippen LogP contribution is -2.16. The number of aromatic nitrogens is 2. The van der Waals surface area contributed by atoms with Gasteiger partial charge < -0.3 is 5.32 Å². The Balaban J connectivity index is 2.33. The first-order valence-electron chi connectivity index (χ1n) is 5.85. The highest BCUT2D eigenvalue weighted by molar-refractivity contribution is 7.92. The number of rotatable bonds is 5. The van der Waals surface area contributed by atoms with Gasteiger partial charge in [0.2, 0.25) is 0 Å². The van der Waals surface area contributed by atoms with Crippen LogP contribution in [0.2, 0.25) is 5.02 Å². The van der Waals surface area contributed by atoms with E-state index in [1.54, 1.807) is 12.1 Å². The summed E-state index contributed by atoms with van der Waals surface area (Å²) in [5.74, 6) is 0.195. The van der Waals surface area contributed by atoms with Crippen LogP contribution in [0.25, 0.3) is 0 Å². The second-order valence-corrected chi connectivity index (χ2v) is 5.96. The minimum Gasteiger partial charge on any atom is -0.384 e. The van der Waals surface area contributed by atoms with Crippen LogP contribution in [0.3, 0.4) is 0 Å². The maximum Gasteiger partial charge on any atom is 0.266 e. The zero-order valence-corrected chi connectivity index (χ0v) is 12.2. The summed E-state index contributed by atoms with van der Waals surface area (Å²) in [6.07, 6.45) is 4.18. The molecule has 2 aromatic rings. The van der Waals surface area contributed by atoms with Gasteiger partial charge in [-0.3, -0.25) is 9.71 Å². The number of pyridine rings is 2. The smallest absolute Gasteiger partial charge is 0.266 e. The van der Waals surface area contributed by atoms with E-state index < -0.39 is 10.0 Å². The molecule has 0 saturated heterocycles. The second kappa shape index (κ2) is 6.06. The molecule has 0 aromatic carbocycles. The standard InChI is InChI=1S/C12H13ClN4O2S/c1-2-15-10-5-6-14-8-11(10)20(18,19)17-12-4-3-9(13)7-16-12/h3-8H,2H2,1H3,(H,14,15)(H,16,17). The van der Waals surface area contributed by atoms with E-state index >= 15 is 0 Å². The highest BCUT2D eigenvalue weighted by Crippen LogP contribution is 2.22. The van der Waals surface area contributed by atoms with Crippen LogP contribution in [-0.2, 0) is 10.0 Å². The SMILES string of the molecule is CCNc1ccncc1S(=O)(=O)Nc1ccc(Cl)cn1. The number of sulfonamides is 1. The van der Waals surface area contributed by atoms with Crippen LogP contribution in [0.15, 0.2) is 41.7 Å². The summed E-state index contributed by atoms with van der Waals surface area (Å²) < 4.78 is 27.0. The Labute approximate surface area is 122 Å². The topological polar surface area (TPSA) is 84.0 Å². The summed E-state index contributed by atoms with van der Waals surface area (Å²) in [7, 11) is -3.76. The zero-order valence-electron chi connectivity index (χ0n) is 10.7. The Morgan fingerprint density at radius 1 is 1.25 bits per heavy atom. The molecule has 0 unspecified atom stereocenters. The van der Waals surface area contributed by atoms with Crippen molar-refractivity contribution in [1.82, 2.24) is 9.97 Å². The van der Waals surface area contributed by atoms with Crippen molar-refractivity contribution in [3.05, 3.63) is 41.8 Å². The van der Waals surface area contributed by atoms with Crippen LogP contribution < -0.4 is 10.0 Å². The molecule has 2 aromatic heterocycles. The molecule has 0 aliphatic heterocycles. The van der Waals surface area contributed by atoms with Crippen LogP contribution in [0, 0.1) is 0 Å². The van der Waals surface area contributed by atoms with Crippen molar-refractivity contribution < 1.29 is 8.42 Å². The fourth-order valence-electron chi connectivity index (χ4n) is 1.56. The minimum absolute atomic E-state index is 0.0681. The molecular weight excluding hydrogens is 300 g/mol. The van der Waals surface area contributed by atoms with E-state index in [0.717, 1.165) is 0 Å². The Kier molecular flexibility index (Phi) is 4.41. The molecule has 0 atom stereocenters. The van der Waals surface area contributed by atoms with Gasteiger partial charge in [0.05, 0.1) is 10.7 Å². The Morgan fingerprint density at radius 2 is 2.05 bits per heavy atom. The van der Waals surface area contributed by atoms with E-state index in [0.29, 0.717) is 17.3 Å². The highest BCUT2D eigenvalue weighted by Gasteiger charge is 2.19. The summed E-state index contributed by atoms with van der Waals surface area (Å²) in [6.45, 7) is 2.48. The van der Waals surface area contributed by atoms with Crippen molar-refractivity contribution in [2.75, 3.05) is 16.6 Å². The summed E-state index contributed by atoms with van der Waals surface area (Å²) in [5.41, 5.74) is 0.490. The lowest BCUT2D eigenvalue weighted by atomic mass is 10.4. The monoisotopic (exact) mass is 312 g/mol. The van der Waals surface area contributed by atoms with Crippen molar-refractivity contribution >= 4 is 33.1 Å². The summed E-state index contributed by atoms with van der Waals surface area (Å²) in [6, 6.07) is 4.65. The molecule has 106 valence electrons. The van der Waals surface area contributed by atoms with Crippen molar-refractivity contribution in [3.63, 3.8) is 0 Å². The first-order valence-corrected chi connectivity index (χ1v) is 7.71. The Bertz CT molecular complexity index is 689. The van der Waals surface area contributed by atoms with Crippen LogP contribution >= 0.6 is 11.6 Å². The van der Waals surface area contributed by atoms with Gasteiger partial charge in [0, 0.05) is 25.1 Å². The van der Waals surface area contributed by atoms with Gasteiger partial charge in [-0.05, 0) is 25.1 Å². The van der Waals surface area contributed by atoms with Gasteiger partial charge in [-0.2, -0.15) is 0 Å². The highest BCUT2D eigenvalue weighted by atomic mass is 35.5. The summed E-state index contributed by atoms with van der Waals surface area (Å²) in [4.78, 5) is 7.82. The molecule has 0 fully saturated rings. The normalized spacial score (nSPS) is 11.1. The van der Waals surface area contributed by atoms with Crippen molar-refractivity contribution in [3.8, 4) is 0 Å². The molecule has 0 aliphatic rings. The van der Waals surface area contributed by atoms with Crippen molar-refractivity contribution in [2.24, 2.45) is 0 Å². The molecule has 8 heteroatoms. The maximum absolute atomic E-state index is 12.3. The zero-order chi connectivity index (χ0) is 14.6. The molecule has 0 radical (unpaired) electrons. The van der Waals surface area contributed by atoms with Gasteiger partial charge in [0.1, 0.15) is 10.7 Å². The van der Waals surface area contributed by atoms with E-state index in [-0.39, 0.29) is 10.7 Å². The maximum atomic E-state index is 12.3. The summed E-state index contributed by atoms with van der Waals surface area (Å²) in [5, 5.41) is 3.41. The van der Waals surface area contributed by atoms with Gasteiger partial charge in [-0.1, -0.05) is 11.6 Å². The van der Waals surface area contributed by atoms with Gasteiger partial charge in [0.25, 0.3) is 10.0 Å². The molecule has 0 amide bonds. The molecule has 2 N–H and O–H groups in total. The molecule has 6 nitrogen and oxygen atoms in total. The van der Waals surface area contributed by atoms with Crippen LogP contribution in [-0.4, -0.2) is 24.9 Å².